The molecule has 0 saturated carbocycles. The summed E-state index contributed by atoms with van der Waals surface area (Å²) < 4.78 is 0. The number of carboxylic acid groups (broad SMARTS) is 1. The number of aliphatic hydroxyl groups is 3. The maximum Gasteiger partial charge on any atom is 0.307 e. The van der Waals surface area contributed by atoms with E-state index >= 15 is 0 Å². The first-order chi connectivity index (χ1) is 6.86. The summed E-state index contributed by atoms with van der Waals surface area (Å²) in [6.07, 6.45) is 0. The quantitative estimate of drug-likeness (QED) is 0.421. The summed E-state index contributed by atoms with van der Waals surface area (Å²) >= 11 is 3.77. The molecule has 15 heavy (non-hydrogen) atoms. The van der Waals surface area contributed by atoms with Crippen LogP contribution in [0.1, 0.15) is 13.8 Å². The number of rotatable bonds is 5. The van der Waals surface area contributed by atoms with Gasteiger partial charge in [0.25, 0.3) is 0 Å². The molecule has 92 valence electrons. The first kappa shape index (κ1) is 17.1. The molecule has 0 fully saturated rings. The summed E-state index contributed by atoms with van der Waals surface area (Å²) in [7, 11) is 0. The number of carbonyl (C=O) groups is 1. The molecule has 0 amide bonds. The molecule has 0 aliphatic heterocycles. The zero-order chi connectivity index (χ0) is 12.5. The van der Waals surface area contributed by atoms with Gasteiger partial charge in [0.05, 0.1) is 25.7 Å². The van der Waals surface area contributed by atoms with E-state index in [0.29, 0.717) is 5.75 Å². The molecule has 0 aromatic heterocycles. The predicted octanol–water partition coefficient (Wildman–Crippen LogP) is -0.394. The van der Waals surface area contributed by atoms with Gasteiger partial charge < -0.3 is 20.4 Å². The van der Waals surface area contributed by atoms with Crippen molar-refractivity contribution in [2.75, 3.05) is 25.6 Å². The highest BCUT2D eigenvalue weighted by atomic mass is 32.1. The van der Waals surface area contributed by atoms with Gasteiger partial charge in [-0.3, -0.25) is 4.79 Å². The monoisotopic (exact) mass is 240 g/mol. The molecule has 0 rings (SSSR count). The fourth-order valence-electron chi connectivity index (χ4n) is 0.228. The minimum atomic E-state index is -0.782. The number of carboxylic acids is 1. The van der Waals surface area contributed by atoms with Crippen LogP contribution in [0.3, 0.4) is 0 Å². The van der Waals surface area contributed by atoms with E-state index < -0.39 is 11.4 Å². The summed E-state index contributed by atoms with van der Waals surface area (Å²) in [6, 6.07) is 0. The van der Waals surface area contributed by atoms with Crippen LogP contribution in [-0.4, -0.2) is 52.0 Å². The smallest absolute Gasteiger partial charge is 0.307 e. The SMILES string of the molecule is CC(CO)(CO)CO.CC(CS)C(=O)O. The summed E-state index contributed by atoms with van der Waals surface area (Å²) in [5.74, 6) is -0.687. The first-order valence-corrected chi connectivity index (χ1v) is 5.16. The molecule has 0 aromatic rings. The number of hydrogen-bond acceptors (Lipinski definition) is 5. The molecule has 0 aliphatic carbocycles. The van der Waals surface area contributed by atoms with Gasteiger partial charge in [-0.25, -0.2) is 0 Å². The molecule has 0 heterocycles. The Morgan fingerprint density at radius 2 is 1.60 bits per heavy atom. The fraction of sp³-hybridized carbons (Fsp3) is 0.889. The summed E-state index contributed by atoms with van der Waals surface area (Å²) in [6.45, 7) is 2.68. The van der Waals surface area contributed by atoms with E-state index in [2.05, 4.69) is 12.6 Å². The lowest BCUT2D eigenvalue weighted by Crippen LogP contribution is -2.29. The third-order valence-corrected chi connectivity index (χ3v) is 2.39. The molecule has 0 aromatic carbocycles. The van der Waals surface area contributed by atoms with Crippen molar-refractivity contribution in [3.8, 4) is 0 Å². The topological polar surface area (TPSA) is 98.0 Å². The first-order valence-electron chi connectivity index (χ1n) is 4.53. The fourth-order valence-corrected chi connectivity index (χ4v) is 0.384. The van der Waals surface area contributed by atoms with Crippen LogP contribution in [0, 0.1) is 11.3 Å². The number of hydrogen-bond donors (Lipinski definition) is 5. The van der Waals surface area contributed by atoms with E-state index in [9.17, 15) is 4.79 Å². The van der Waals surface area contributed by atoms with Gasteiger partial charge in [0, 0.05) is 11.2 Å². The van der Waals surface area contributed by atoms with Crippen LogP contribution in [0.4, 0.5) is 0 Å². The second-order valence-corrected chi connectivity index (χ2v) is 4.07. The van der Waals surface area contributed by atoms with Crippen LogP contribution in [0.2, 0.25) is 0 Å². The molecular formula is C9H20O5S. The lowest BCUT2D eigenvalue weighted by molar-refractivity contribution is -0.140. The standard InChI is InChI=1S/C5H12O3.C4H8O2S/c1-5(2-6,3-7)4-8;1-3(2-7)4(5)6/h6-8H,2-4H2,1H3;3,7H,2H2,1H3,(H,5,6). The average Bonchev–Trinajstić information content (AvgIpc) is 2.27. The van der Waals surface area contributed by atoms with Gasteiger partial charge in [-0.05, 0) is 0 Å². The van der Waals surface area contributed by atoms with Crippen molar-refractivity contribution in [3.05, 3.63) is 0 Å². The van der Waals surface area contributed by atoms with E-state index in [1.165, 1.54) is 0 Å². The van der Waals surface area contributed by atoms with Crippen molar-refractivity contribution in [2.45, 2.75) is 13.8 Å². The Kier molecular flexibility index (Phi) is 10.2. The van der Waals surface area contributed by atoms with E-state index in [4.69, 9.17) is 20.4 Å². The van der Waals surface area contributed by atoms with Crippen LogP contribution in [0.15, 0.2) is 0 Å². The highest BCUT2D eigenvalue weighted by Gasteiger charge is 2.20. The third kappa shape index (κ3) is 8.68. The molecule has 0 radical (unpaired) electrons. The second-order valence-electron chi connectivity index (χ2n) is 3.71. The van der Waals surface area contributed by atoms with Gasteiger partial charge in [0.15, 0.2) is 0 Å². The Morgan fingerprint density at radius 1 is 1.27 bits per heavy atom. The molecular weight excluding hydrogens is 220 g/mol. The van der Waals surface area contributed by atoms with E-state index in [0.717, 1.165) is 0 Å². The third-order valence-electron chi connectivity index (χ3n) is 1.84. The van der Waals surface area contributed by atoms with Crippen LogP contribution in [-0.2, 0) is 4.79 Å². The van der Waals surface area contributed by atoms with Crippen molar-refractivity contribution in [2.24, 2.45) is 11.3 Å². The van der Waals surface area contributed by atoms with Gasteiger partial charge in [0.1, 0.15) is 0 Å². The Bertz CT molecular complexity index is 162. The highest BCUT2D eigenvalue weighted by molar-refractivity contribution is 7.80. The zero-order valence-electron chi connectivity index (χ0n) is 9.05. The van der Waals surface area contributed by atoms with Crippen molar-refractivity contribution in [3.63, 3.8) is 0 Å². The maximum absolute atomic E-state index is 9.88. The number of thiol groups is 1. The number of aliphatic hydroxyl groups excluding tert-OH is 3. The van der Waals surface area contributed by atoms with Crippen LogP contribution >= 0.6 is 12.6 Å². The van der Waals surface area contributed by atoms with Gasteiger partial charge >= 0.3 is 5.97 Å². The maximum atomic E-state index is 9.88. The summed E-state index contributed by atoms with van der Waals surface area (Å²) in [5.41, 5.74) is -0.708. The lowest BCUT2D eigenvalue weighted by Gasteiger charge is -2.20. The minimum absolute atomic E-state index is 0.181. The Balaban J connectivity index is 0. The molecule has 4 N–H and O–H groups in total. The summed E-state index contributed by atoms with van der Waals surface area (Å²) in [5, 5.41) is 33.5. The molecule has 0 spiro atoms. The molecule has 0 bridgehead atoms. The normalized spacial score (nSPS) is 12.7. The Morgan fingerprint density at radius 3 is 1.60 bits per heavy atom. The lowest BCUT2D eigenvalue weighted by atomic mass is 9.95. The van der Waals surface area contributed by atoms with Crippen LogP contribution in [0.25, 0.3) is 0 Å². The predicted molar refractivity (Wildman–Crippen MR) is 60.0 cm³/mol. The molecule has 1 unspecified atom stereocenters. The van der Waals surface area contributed by atoms with Crippen molar-refractivity contribution >= 4 is 18.6 Å². The van der Waals surface area contributed by atoms with Crippen LogP contribution in [0.5, 0.6) is 0 Å². The summed E-state index contributed by atoms with van der Waals surface area (Å²) in [4.78, 5) is 9.88. The molecule has 1 atom stereocenters. The minimum Gasteiger partial charge on any atom is -0.481 e. The van der Waals surface area contributed by atoms with Crippen molar-refractivity contribution in [1.82, 2.24) is 0 Å². The van der Waals surface area contributed by atoms with Gasteiger partial charge in [-0.15, -0.1) is 0 Å². The molecule has 5 nitrogen and oxygen atoms in total. The van der Waals surface area contributed by atoms with Gasteiger partial charge in [-0.2, -0.15) is 12.6 Å². The Labute approximate surface area is 95.2 Å². The second kappa shape index (κ2) is 8.96. The van der Waals surface area contributed by atoms with E-state index in [1.54, 1.807) is 13.8 Å². The molecule has 0 saturated heterocycles. The van der Waals surface area contributed by atoms with Crippen molar-refractivity contribution in [1.29, 1.82) is 0 Å². The number of aliphatic carboxylic acids is 1. The average molecular weight is 240 g/mol. The van der Waals surface area contributed by atoms with E-state index in [1.807, 2.05) is 0 Å². The molecule has 6 heteroatoms. The van der Waals surface area contributed by atoms with E-state index in [-0.39, 0.29) is 25.7 Å². The molecule has 0 aliphatic rings. The highest BCUT2D eigenvalue weighted by Crippen LogP contribution is 2.10. The Hall–Kier alpha value is -0.300. The van der Waals surface area contributed by atoms with Crippen LogP contribution < -0.4 is 0 Å². The van der Waals surface area contributed by atoms with Gasteiger partial charge in [-0.1, -0.05) is 13.8 Å². The zero-order valence-corrected chi connectivity index (χ0v) is 9.94. The van der Waals surface area contributed by atoms with Gasteiger partial charge in [0.2, 0.25) is 0 Å². The van der Waals surface area contributed by atoms with Crippen molar-refractivity contribution < 1.29 is 25.2 Å². The largest absolute Gasteiger partial charge is 0.481 e.